The SMILES string of the molecule is N#Cc1ccc2c(C(=O)CC3CC3)c[nH]c2c1. The summed E-state index contributed by atoms with van der Waals surface area (Å²) in [6.07, 6.45) is 4.79. The van der Waals surface area contributed by atoms with E-state index in [1.165, 1.54) is 12.8 Å². The van der Waals surface area contributed by atoms with Crippen LogP contribution in [0, 0.1) is 17.2 Å². The van der Waals surface area contributed by atoms with E-state index in [-0.39, 0.29) is 5.78 Å². The molecule has 1 aromatic heterocycles. The van der Waals surface area contributed by atoms with Gasteiger partial charge in [-0.05, 0) is 30.9 Å². The molecule has 0 amide bonds. The highest BCUT2D eigenvalue weighted by Crippen LogP contribution is 2.34. The maximum absolute atomic E-state index is 12.0. The van der Waals surface area contributed by atoms with E-state index in [4.69, 9.17) is 5.26 Å². The number of nitrogens with zero attached hydrogens (tertiary/aromatic N) is 1. The average molecular weight is 224 g/mol. The molecule has 1 N–H and O–H groups in total. The Hall–Kier alpha value is -2.08. The third kappa shape index (κ3) is 1.83. The van der Waals surface area contributed by atoms with Crippen LogP contribution in [0.4, 0.5) is 0 Å². The zero-order valence-corrected chi connectivity index (χ0v) is 9.36. The van der Waals surface area contributed by atoms with Gasteiger partial charge in [0.05, 0.1) is 11.6 Å². The lowest BCUT2D eigenvalue weighted by molar-refractivity contribution is 0.0977. The summed E-state index contributed by atoms with van der Waals surface area (Å²) in [7, 11) is 0. The van der Waals surface area contributed by atoms with Crippen LogP contribution in [-0.4, -0.2) is 10.8 Å². The minimum Gasteiger partial charge on any atom is -0.360 e. The van der Waals surface area contributed by atoms with Gasteiger partial charge >= 0.3 is 0 Å². The van der Waals surface area contributed by atoms with E-state index in [9.17, 15) is 4.79 Å². The number of fused-ring (bicyclic) bond motifs is 1. The third-order valence-electron chi connectivity index (χ3n) is 3.28. The zero-order chi connectivity index (χ0) is 11.8. The molecule has 0 spiro atoms. The number of aromatic nitrogens is 1. The van der Waals surface area contributed by atoms with Crippen molar-refractivity contribution in [1.29, 1.82) is 5.26 Å². The van der Waals surface area contributed by atoms with Crippen LogP contribution in [0.25, 0.3) is 10.9 Å². The quantitative estimate of drug-likeness (QED) is 0.815. The summed E-state index contributed by atoms with van der Waals surface area (Å²) in [5, 5.41) is 9.74. The highest BCUT2D eigenvalue weighted by atomic mass is 16.1. The number of hydrogen-bond acceptors (Lipinski definition) is 2. The lowest BCUT2D eigenvalue weighted by Gasteiger charge is -1.97. The van der Waals surface area contributed by atoms with Gasteiger partial charge < -0.3 is 4.98 Å². The van der Waals surface area contributed by atoms with Gasteiger partial charge in [0.15, 0.2) is 5.78 Å². The number of H-pyrrole nitrogens is 1. The van der Waals surface area contributed by atoms with Crippen molar-refractivity contribution in [1.82, 2.24) is 4.98 Å². The molecule has 0 bridgehead atoms. The molecular weight excluding hydrogens is 212 g/mol. The summed E-state index contributed by atoms with van der Waals surface area (Å²) < 4.78 is 0. The molecule has 0 atom stereocenters. The summed E-state index contributed by atoms with van der Waals surface area (Å²) in [5.41, 5.74) is 2.24. The monoisotopic (exact) mass is 224 g/mol. The lowest BCUT2D eigenvalue weighted by atomic mass is 10.0. The molecule has 84 valence electrons. The Morgan fingerprint density at radius 3 is 3.00 bits per heavy atom. The minimum atomic E-state index is 0.212. The van der Waals surface area contributed by atoms with Crippen LogP contribution >= 0.6 is 0 Å². The molecule has 0 aliphatic heterocycles. The van der Waals surface area contributed by atoms with Gasteiger partial charge in [0.2, 0.25) is 0 Å². The topological polar surface area (TPSA) is 56.6 Å². The molecule has 17 heavy (non-hydrogen) atoms. The van der Waals surface area contributed by atoms with E-state index in [2.05, 4.69) is 11.1 Å². The van der Waals surface area contributed by atoms with E-state index in [1.807, 2.05) is 6.07 Å². The van der Waals surface area contributed by atoms with Crippen molar-refractivity contribution in [2.24, 2.45) is 5.92 Å². The van der Waals surface area contributed by atoms with Gasteiger partial charge in [0.25, 0.3) is 0 Å². The van der Waals surface area contributed by atoms with Crippen LogP contribution in [-0.2, 0) is 0 Å². The predicted molar refractivity (Wildman–Crippen MR) is 64.7 cm³/mol. The number of nitriles is 1. The van der Waals surface area contributed by atoms with Crippen LogP contribution < -0.4 is 0 Å². The number of hydrogen-bond donors (Lipinski definition) is 1. The highest BCUT2D eigenvalue weighted by molar-refractivity contribution is 6.08. The molecule has 1 heterocycles. The normalized spacial score (nSPS) is 14.8. The van der Waals surface area contributed by atoms with Crippen molar-refractivity contribution in [3.05, 3.63) is 35.5 Å². The van der Waals surface area contributed by atoms with Gasteiger partial charge in [-0.1, -0.05) is 6.07 Å². The molecule has 1 fully saturated rings. The molecule has 3 nitrogen and oxygen atoms in total. The van der Waals surface area contributed by atoms with Crippen molar-refractivity contribution in [2.75, 3.05) is 0 Å². The van der Waals surface area contributed by atoms with Crippen LogP contribution in [0.1, 0.15) is 35.2 Å². The Balaban J connectivity index is 1.99. The second kappa shape index (κ2) is 3.74. The number of carbonyl (C=O) groups excluding carboxylic acids is 1. The number of aromatic amines is 1. The second-order valence-corrected chi connectivity index (χ2v) is 4.65. The molecular formula is C14H12N2O. The third-order valence-corrected chi connectivity index (χ3v) is 3.28. The van der Waals surface area contributed by atoms with Crippen molar-refractivity contribution >= 4 is 16.7 Å². The Kier molecular flexibility index (Phi) is 2.22. The van der Waals surface area contributed by atoms with Crippen molar-refractivity contribution in [2.45, 2.75) is 19.3 Å². The maximum atomic E-state index is 12.0. The van der Waals surface area contributed by atoms with E-state index in [0.29, 0.717) is 17.9 Å². The standard InChI is InChI=1S/C14H12N2O/c15-7-10-3-4-11-12(8-16-13(11)5-10)14(17)6-9-1-2-9/h3-5,8-9,16H,1-2,6H2. The van der Waals surface area contributed by atoms with Crippen molar-refractivity contribution < 1.29 is 4.79 Å². The number of rotatable bonds is 3. The molecule has 0 saturated heterocycles. The van der Waals surface area contributed by atoms with Crippen LogP contribution in [0.3, 0.4) is 0 Å². The summed E-state index contributed by atoms with van der Waals surface area (Å²) in [6, 6.07) is 7.48. The molecule has 1 aliphatic rings. The predicted octanol–water partition coefficient (Wildman–Crippen LogP) is 3.02. The first-order valence-corrected chi connectivity index (χ1v) is 5.82. The number of ketones is 1. The largest absolute Gasteiger partial charge is 0.360 e. The Morgan fingerprint density at radius 1 is 1.47 bits per heavy atom. The summed E-state index contributed by atoms with van der Waals surface area (Å²) in [6.45, 7) is 0. The van der Waals surface area contributed by atoms with Crippen molar-refractivity contribution in [3.8, 4) is 6.07 Å². The molecule has 3 heteroatoms. The summed E-state index contributed by atoms with van der Waals surface area (Å²) in [5.74, 6) is 0.814. The molecule has 1 aliphatic carbocycles. The fourth-order valence-corrected chi connectivity index (χ4v) is 2.12. The number of benzene rings is 1. The van der Waals surface area contributed by atoms with E-state index in [1.54, 1.807) is 18.3 Å². The van der Waals surface area contributed by atoms with Gasteiger partial charge in [0.1, 0.15) is 0 Å². The summed E-state index contributed by atoms with van der Waals surface area (Å²) >= 11 is 0. The fraction of sp³-hybridized carbons (Fsp3) is 0.286. The van der Waals surface area contributed by atoms with Gasteiger partial charge in [-0.2, -0.15) is 5.26 Å². The first-order valence-electron chi connectivity index (χ1n) is 5.82. The molecule has 1 saturated carbocycles. The Bertz CT molecular complexity index is 629. The molecule has 3 rings (SSSR count). The highest BCUT2D eigenvalue weighted by Gasteiger charge is 2.25. The van der Waals surface area contributed by atoms with E-state index >= 15 is 0 Å². The minimum absolute atomic E-state index is 0.212. The Morgan fingerprint density at radius 2 is 2.29 bits per heavy atom. The average Bonchev–Trinajstić information content (AvgIpc) is 3.05. The first-order chi connectivity index (χ1) is 8.28. The van der Waals surface area contributed by atoms with Gasteiger partial charge in [0, 0.05) is 29.1 Å². The van der Waals surface area contributed by atoms with E-state index in [0.717, 1.165) is 16.5 Å². The number of Topliss-reactive ketones (excluding diaryl/α,β-unsaturated/α-hetero) is 1. The first kappa shape index (κ1) is 10.1. The summed E-state index contributed by atoms with van der Waals surface area (Å²) in [4.78, 5) is 15.1. The van der Waals surface area contributed by atoms with Gasteiger partial charge in [-0.25, -0.2) is 0 Å². The van der Waals surface area contributed by atoms with Crippen molar-refractivity contribution in [3.63, 3.8) is 0 Å². The number of carbonyl (C=O) groups is 1. The maximum Gasteiger partial charge on any atom is 0.165 e. The lowest BCUT2D eigenvalue weighted by Crippen LogP contribution is -1.98. The molecule has 0 unspecified atom stereocenters. The van der Waals surface area contributed by atoms with Crippen LogP contribution in [0.5, 0.6) is 0 Å². The van der Waals surface area contributed by atoms with Crippen LogP contribution in [0.15, 0.2) is 24.4 Å². The smallest absolute Gasteiger partial charge is 0.165 e. The molecule has 2 aromatic rings. The second-order valence-electron chi connectivity index (χ2n) is 4.65. The Labute approximate surface area is 99.1 Å². The fourth-order valence-electron chi connectivity index (χ4n) is 2.12. The zero-order valence-electron chi connectivity index (χ0n) is 9.36. The van der Waals surface area contributed by atoms with Crippen LogP contribution in [0.2, 0.25) is 0 Å². The molecule has 1 aromatic carbocycles. The number of nitrogens with one attached hydrogen (secondary N) is 1. The van der Waals surface area contributed by atoms with Gasteiger partial charge in [-0.3, -0.25) is 4.79 Å². The van der Waals surface area contributed by atoms with E-state index < -0.39 is 0 Å². The molecule has 0 radical (unpaired) electrons. The van der Waals surface area contributed by atoms with Gasteiger partial charge in [-0.15, -0.1) is 0 Å².